The molecule has 2 rings (SSSR count). The van der Waals surface area contributed by atoms with Crippen molar-refractivity contribution < 1.29 is 22.4 Å². The Balaban J connectivity index is 2.22. The van der Waals surface area contributed by atoms with Crippen molar-refractivity contribution in [1.82, 2.24) is 9.29 Å². The maximum Gasteiger partial charge on any atom is 0.304 e. The van der Waals surface area contributed by atoms with Gasteiger partial charge in [0.25, 0.3) is 5.89 Å². The van der Waals surface area contributed by atoms with Gasteiger partial charge in [-0.15, -0.1) is 0 Å². The van der Waals surface area contributed by atoms with Crippen molar-refractivity contribution in [3.63, 3.8) is 0 Å². The van der Waals surface area contributed by atoms with Gasteiger partial charge in [-0.05, 0) is 18.2 Å². The van der Waals surface area contributed by atoms with Crippen LogP contribution in [0.5, 0.6) is 0 Å². The minimum atomic E-state index is -3.71. The molecule has 2 aromatic rings. The van der Waals surface area contributed by atoms with E-state index in [4.69, 9.17) is 14.9 Å². The topological polar surface area (TPSA) is 128 Å². The molecule has 1 heterocycles. The van der Waals surface area contributed by atoms with E-state index >= 15 is 0 Å². The van der Waals surface area contributed by atoms with Crippen molar-refractivity contribution in [2.24, 2.45) is 5.73 Å². The standard InChI is InChI=1S/C12H16N4O5S/c1-16(5-6-20-2)22(18,19)15-8-3-4-10-9(7-8)14-12(21-10)11(13)17/h3-4,7,15H,5-6H2,1-2H3,(H2,13,17). The number of benzene rings is 1. The number of carbonyl (C=O) groups is 1. The average Bonchev–Trinajstić information content (AvgIpc) is 2.87. The number of fused-ring (bicyclic) bond motifs is 1. The summed E-state index contributed by atoms with van der Waals surface area (Å²) in [6.07, 6.45) is 0. The molecular formula is C12H16N4O5S. The van der Waals surface area contributed by atoms with Gasteiger partial charge in [0.2, 0.25) is 0 Å². The maximum absolute atomic E-state index is 12.1. The molecule has 0 radical (unpaired) electrons. The van der Waals surface area contributed by atoms with E-state index in [-0.39, 0.29) is 19.0 Å². The number of rotatable bonds is 7. The Bertz CT molecular complexity index is 786. The Morgan fingerprint density at radius 3 is 2.86 bits per heavy atom. The highest BCUT2D eigenvalue weighted by Crippen LogP contribution is 2.21. The number of nitrogens with one attached hydrogen (secondary N) is 1. The number of ether oxygens (including phenoxy) is 1. The number of carbonyl (C=O) groups excluding carboxylic acids is 1. The molecule has 0 bridgehead atoms. The molecule has 10 heteroatoms. The van der Waals surface area contributed by atoms with Gasteiger partial charge in [-0.1, -0.05) is 0 Å². The predicted molar refractivity (Wildman–Crippen MR) is 79.6 cm³/mol. The summed E-state index contributed by atoms with van der Waals surface area (Å²) < 4.78 is 37.7. The summed E-state index contributed by atoms with van der Waals surface area (Å²) in [4.78, 5) is 14.9. The second kappa shape index (κ2) is 6.30. The summed E-state index contributed by atoms with van der Waals surface area (Å²) in [5.74, 6) is -1.02. The van der Waals surface area contributed by atoms with Gasteiger partial charge in [0.05, 0.1) is 12.3 Å². The minimum Gasteiger partial charge on any atom is -0.432 e. The zero-order valence-electron chi connectivity index (χ0n) is 12.1. The first-order chi connectivity index (χ1) is 10.3. The molecule has 0 unspecified atom stereocenters. The third-order valence-corrected chi connectivity index (χ3v) is 4.36. The van der Waals surface area contributed by atoms with Crippen LogP contribution in [0.25, 0.3) is 11.1 Å². The fourth-order valence-electron chi connectivity index (χ4n) is 1.66. The van der Waals surface area contributed by atoms with Crippen LogP contribution in [0, 0.1) is 0 Å². The average molecular weight is 328 g/mol. The van der Waals surface area contributed by atoms with Gasteiger partial charge in [-0.25, -0.2) is 4.98 Å². The van der Waals surface area contributed by atoms with Crippen LogP contribution in [0.2, 0.25) is 0 Å². The molecule has 0 spiro atoms. The lowest BCUT2D eigenvalue weighted by Crippen LogP contribution is -2.34. The zero-order valence-corrected chi connectivity index (χ0v) is 12.9. The number of hydrogen-bond acceptors (Lipinski definition) is 6. The molecule has 1 amide bonds. The summed E-state index contributed by atoms with van der Waals surface area (Å²) in [5.41, 5.74) is 6.04. The van der Waals surface area contributed by atoms with Crippen molar-refractivity contribution in [3.05, 3.63) is 24.1 Å². The third-order valence-electron chi connectivity index (χ3n) is 2.87. The number of likely N-dealkylation sites (N-methyl/N-ethyl adjacent to an activating group) is 1. The summed E-state index contributed by atoms with van der Waals surface area (Å²) in [5, 5.41) is 0. The SMILES string of the molecule is COCCN(C)S(=O)(=O)Nc1ccc2oc(C(N)=O)nc2c1. The van der Waals surface area contributed by atoms with Gasteiger partial charge >= 0.3 is 16.1 Å². The molecule has 0 fully saturated rings. The van der Waals surface area contributed by atoms with Crippen LogP contribution in [0.1, 0.15) is 10.7 Å². The predicted octanol–water partition coefficient (Wildman–Crippen LogP) is 0.162. The molecule has 0 aliphatic heterocycles. The van der Waals surface area contributed by atoms with Crippen LogP contribution in [0.15, 0.2) is 22.6 Å². The van der Waals surface area contributed by atoms with Gasteiger partial charge in [0, 0.05) is 20.7 Å². The Kier molecular flexibility index (Phi) is 4.64. The number of amides is 1. The number of nitrogens with zero attached hydrogens (tertiary/aromatic N) is 2. The fourth-order valence-corrected chi connectivity index (χ4v) is 2.56. The van der Waals surface area contributed by atoms with Crippen molar-refractivity contribution in [2.45, 2.75) is 0 Å². The number of anilines is 1. The molecule has 120 valence electrons. The smallest absolute Gasteiger partial charge is 0.304 e. The quantitative estimate of drug-likeness (QED) is 0.745. The van der Waals surface area contributed by atoms with Crippen molar-refractivity contribution in [2.75, 3.05) is 32.0 Å². The highest BCUT2D eigenvalue weighted by atomic mass is 32.2. The molecule has 3 N–H and O–H groups in total. The Morgan fingerprint density at radius 1 is 1.50 bits per heavy atom. The molecule has 0 aliphatic carbocycles. The van der Waals surface area contributed by atoms with Crippen LogP contribution in [0.3, 0.4) is 0 Å². The number of nitrogens with two attached hydrogens (primary N) is 1. The second-order valence-corrected chi connectivity index (χ2v) is 6.26. The minimum absolute atomic E-state index is 0.212. The molecule has 0 atom stereocenters. The van der Waals surface area contributed by atoms with Crippen LogP contribution in [0.4, 0.5) is 5.69 Å². The van der Waals surface area contributed by atoms with Crippen LogP contribution < -0.4 is 10.5 Å². The largest absolute Gasteiger partial charge is 0.432 e. The van der Waals surface area contributed by atoms with Crippen molar-refractivity contribution in [3.8, 4) is 0 Å². The highest BCUT2D eigenvalue weighted by Gasteiger charge is 2.18. The second-order valence-electron chi connectivity index (χ2n) is 4.49. The van der Waals surface area contributed by atoms with E-state index in [9.17, 15) is 13.2 Å². The number of methoxy groups -OCH3 is 1. The van der Waals surface area contributed by atoms with Crippen molar-refractivity contribution in [1.29, 1.82) is 0 Å². The Labute approximate surface area is 127 Å². The van der Waals surface area contributed by atoms with E-state index in [0.717, 1.165) is 4.31 Å². The first kappa shape index (κ1) is 16.2. The van der Waals surface area contributed by atoms with Crippen LogP contribution in [-0.2, 0) is 14.9 Å². The van der Waals surface area contributed by atoms with Gasteiger partial charge in [0.15, 0.2) is 5.58 Å². The molecule has 22 heavy (non-hydrogen) atoms. The number of primary amides is 1. The third kappa shape index (κ3) is 3.53. The van der Waals surface area contributed by atoms with Gasteiger partial charge in [-0.3, -0.25) is 9.52 Å². The normalized spacial score (nSPS) is 12.0. The molecule has 1 aromatic carbocycles. The van der Waals surface area contributed by atoms with E-state index in [1.165, 1.54) is 32.4 Å². The number of oxazole rings is 1. The van der Waals surface area contributed by atoms with E-state index in [0.29, 0.717) is 16.8 Å². The van der Waals surface area contributed by atoms with Crippen LogP contribution in [-0.4, -0.2) is 50.9 Å². The summed E-state index contributed by atoms with van der Waals surface area (Å²) in [7, 11) is -0.790. The number of aromatic nitrogens is 1. The van der Waals surface area contributed by atoms with Gasteiger partial charge < -0.3 is 14.9 Å². The molecular weight excluding hydrogens is 312 g/mol. The Hall–Kier alpha value is -2.17. The monoisotopic (exact) mass is 328 g/mol. The molecule has 0 saturated heterocycles. The zero-order chi connectivity index (χ0) is 16.3. The fraction of sp³-hybridized carbons (Fsp3) is 0.333. The van der Waals surface area contributed by atoms with E-state index in [1.54, 1.807) is 0 Å². The van der Waals surface area contributed by atoms with Gasteiger partial charge in [0.1, 0.15) is 5.52 Å². The molecule has 9 nitrogen and oxygen atoms in total. The van der Waals surface area contributed by atoms with Gasteiger partial charge in [-0.2, -0.15) is 12.7 Å². The molecule has 1 aromatic heterocycles. The molecule has 0 aliphatic rings. The lowest BCUT2D eigenvalue weighted by Gasteiger charge is -2.17. The summed E-state index contributed by atoms with van der Waals surface area (Å²) in [6, 6.07) is 4.45. The van der Waals surface area contributed by atoms with E-state index < -0.39 is 16.1 Å². The Morgan fingerprint density at radius 2 is 2.23 bits per heavy atom. The number of hydrogen-bond donors (Lipinski definition) is 2. The lowest BCUT2D eigenvalue weighted by molar-refractivity contribution is 0.0969. The highest BCUT2D eigenvalue weighted by molar-refractivity contribution is 7.90. The molecule has 0 saturated carbocycles. The summed E-state index contributed by atoms with van der Waals surface area (Å²) >= 11 is 0. The van der Waals surface area contributed by atoms with E-state index in [2.05, 4.69) is 9.71 Å². The summed E-state index contributed by atoms with van der Waals surface area (Å²) in [6.45, 7) is 0.492. The first-order valence-corrected chi connectivity index (χ1v) is 7.71. The maximum atomic E-state index is 12.1. The van der Waals surface area contributed by atoms with E-state index in [1.807, 2.05) is 0 Å². The van der Waals surface area contributed by atoms with Crippen LogP contribution >= 0.6 is 0 Å². The lowest BCUT2D eigenvalue weighted by atomic mass is 10.3. The first-order valence-electron chi connectivity index (χ1n) is 6.27. The van der Waals surface area contributed by atoms with Crippen molar-refractivity contribution >= 4 is 32.9 Å².